The van der Waals surface area contributed by atoms with Crippen LogP contribution in [0.4, 0.5) is 0 Å². The van der Waals surface area contributed by atoms with Crippen LogP contribution in [-0.4, -0.2) is 32.1 Å². The summed E-state index contributed by atoms with van der Waals surface area (Å²) < 4.78 is 5.83. The zero-order valence-corrected chi connectivity index (χ0v) is 13.4. The fourth-order valence-electron chi connectivity index (χ4n) is 1.94. The molecule has 0 saturated heterocycles. The first-order valence-corrected chi connectivity index (χ1v) is 7.18. The average molecular weight is 263 g/mol. The summed E-state index contributed by atoms with van der Waals surface area (Å²) in [6.45, 7) is 11.0. The maximum absolute atomic E-state index is 5.83. The van der Waals surface area contributed by atoms with Gasteiger partial charge in [-0.2, -0.15) is 0 Å². The van der Waals surface area contributed by atoms with Crippen molar-refractivity contribution in [3.63, 3.8) is 0 Å². The Morgan fingerprint density at radius 2 is 1.89 bits per heavy atom. The molecular weight excluding hydrogens is 234 g/mol. The normalized spacial score (nSPS) is 13.6. The molecule has 0 aliphatic carbocycles. The number of nitrogens with zero attached hydrogens (tertiary/aromatic N) is 1. The molecule has 19 heavy (non-hydrogen) atoms. The van der Waals surface area contributed by atoms with Crippen LogP contribution >= 0.6 is 0 Å². The highest BCUT2D eigenvalue weighted by atomic mass is 16.5. The molecule has 1 aromatic carbocycles. The van der Waals surface area contributed by atoms with E-state index in [0.717, 1.165) is 25.3 Å². The van der Waals surface area contributed by atoms with Gasteiger partial charge in [-0.25, -0.2) is 0 Å². The molecule has 2 nitrogen and oxygen atoms in total. The van der Waals surface area contributed by atoms with Crippen molar-refractivity contribution in [3.05, 3.63) is 29.8 Å². The van der Waals surface area contributed by atoms with E-state index in [2.05, 4.69) is 71.0 Å². The maximum Gasteiger partial charge on any atom is 0.119 e. The summed E-state index contributed by atoms with van der Waals surface area (Å²) in [4.78, 5) is 2.18. The minimum Gasteiger partial charge on any atom is -0.494 e. The molecule has 0 amide bonds. The predicted molar refractivity (Wildman–Crippen MR) is 83.0 cm³/mol. The van der Waals surface area contributed by atoms with Gasteiger partial charge in [0.2, 0.25) is 0 Å². The molecule has 108 valence electrons. The zero-order chi connectivity index (χ0) is 14.5. The van der Waals surface area contributed by atoms with Crippen LogP contribution in [0.25, 0.3) is 0 Å². The van der Waals surface area contributed by atoms with E-state index in [1.54, 1.807) is 0 Å². The monoisotopic (exact) mass is 263 g/mol. The maximum atomic E-state index is 5.83. The molecular formula is C17H29NO. The summed E-state index contributed by atoms with van der Waals surface area (Å²) in [5.74, 6) is 1.52. The van der Waals surface area contributed by atoms with Crippen LogP contribution in [0.5, 0.6) is 5.75 Å². The van der Waals surface area contributed by atoms with Crippen molar-refractivity contribution in [2.45, 2.75) is 40.0 Å². The van der Waals surface area contributed by atoms with Gasteiger partial charge in [-0.05, 0) is 49.5 Å². The Morgan fingerprint density at radius 3 is 2.47 bits per heavy atom. The van der Waals surface area contributed by atoms with Gasteiger partial charge in [-0.3, -0.25) is 0 Å². The second-order valence-corrected chi connectivity index (χ2v) is 6.67. The standard InChI is InChI=1S/C17H29NO/c1-14(17(2,3)4)15-9-7-10-16(13-15)19-12-8-11-18(5)6/h7,9-10,13-14H,8,11-12H2,1-6H3. The van der Waals surface area contributed by atoms with Crippen LogP contribution in [0.1, 0.15) is 45.6 Å². The van der Waals surface area contributed by atoms with E-state index in [0.29, 0.717) is 5.92 Å². The van der Waals surface area contributed by atoms with Gasteiger partial charge in [0.05, 0.1) is 6.61 Å². The molecule has 1 unspecified atom stereocenters. The van der Waals surface area contributed by atoms with Gasteiger partial charge in [0, 0.05) is 6.54 Å². The molecule has 0 saturated carbocycles. The molecule has 0 fully saturated rings. The summed E-state index contributed by atoms with van der Waals surface area (Å²) in [6.07, 6.45) is 1.06. The third kappa shape index (κ3) is 5.65. The molecule has 0 aliphatic heterocycles. The van der Waals surface area contributed by atoms with E-state index in [1.165, 1.54) is 5.56 Å². The van der Waals surface area contributed by atoms with Crippen molar-refractivity contribution in [1.82, 2.24) is 4.90 Å². The molecule has 2 heteroatoms. The quantitative estimate of drug-likeness (QED) is 0.714. The molecule has 1 rings (SSSR count). The van der Waals surface area contributed by atoms with Crippen LogP contribution in [0.3, 0.4) is 0 Å². The van der Waals surface area contributed by atoms with E-state index in [-0.39, 0.29) is 5.41 Å². The largest absolute Gasteiger partial charge is 0.494 e. The van der Waals surface area contributed by atoms with Gasteiger partial charge >= 0.3 is 0 Å². The lowest BCUT2D eigenvalue weighted by atomic mass is 9.78. The van der Waals surface area contributed by atoms with Crippen LogP contribution in [0.2, 0.25) is 0 Å². The molecule has 0 bridgehead atoms. The van der Waals surface area contributed by atoms with E-state index >= 15 is 0 Å². The smallest absolute Gasteiger partial charge is 0.119 e. The molecule has 0 spiro atoms. The van der Waals surface area contributed by atoms with Crippen molar-refractivity contribution < 1.29 is 4.74 Å². The van der Waals surface area contributed by atoms with Crippen LogP contribution in [0.15, 0.2) is 24.3 Å². The topological polar surface area (TPSA) is 12.5 Å². The second-order valence-electron chi connectivity index (χ2n) is 6.67. The van der Waals surface area contributed by atoms with Gasteiger partial charge in [0.1, 0.15) is 5.75 Å². The first kappa shape index (κ1) is 16.0. The summed E-state index contributed by atoms with van der Waals surface area (Å²) >= 11 is 0. The van der Waals surface area contributed by atoms with Crippen LogP contribution in [-0.2, 0) is 0 Å². The van der Waals surface area contributed by atoms with Gasteiger partial charge in [-0.15, -0.1) is 0 Å². The summed E-state index contributed by atoms with van der Waals surface area (Å²) in [7, 11) is 4.18. The molecule has 0 radical (unpaired) electrons. The lowest BCUT2D eigenvalue weighted by Crippen LogP contribution is -2.16. The highest BCUT2D eigenvalue weighted by Gasteiger charge is 2.21. The van der Waals surface area contributed by atoms with Crippen molar-refractivity contribution >= 4 is 0 Å². The highest BCUT2D eigenvalue weighted by Crippen LogP contribution is 2.35. The minimum absolute atomic E-state index is 0.281. The second kappa shape index (κ2) is 6.95. The number of ether oxygens (including phenoxy) is 1. The lowest BCUT2D eigenvalue weighted by molar-refractivity contribution is 0.280. The highest BCUT2D eigenvalue weighted by molar-refractivity contribution is 5.31. The van der Waals surface area contributed by atoms with Crippen molar-refractivity contribution in [1.29, 1.82) is 0 Å². The van der Waals surface area contributed by atoms with E-state index in [1.807, 2.05) is 0 Å². The molecule has 1 aromatic rings. The van der Waals surface area contributed by atoms with Gasteiger partial charge in [-0.1, -0.05) is 39.8 Å². The van der Waals surface area contributed by atoms with Crippen molar-refractivity contribution in [3.8, 4) is 5.75 Å². The van der Waals surface area contributed by atoms with E-state index in [4.69, 9.17) is 4.74 Å². The molecule has 0 aromatic heterocycles. The first-order valence-electron chi connectivity index (χ1n) is 7.18. The molecule has 1 atom stereocenters. The Kier molecular flexibility index (Phi) is 5.86. The van der Waals surface area contributed by atoms with Crippen molar-refractivity contribution in [2.24, 2.45) is 5.41 Å². The van der Waals surface area contributed by atoms with Gasteiger partial charge < -0.3 is 9.64 Å². The van der Waals surface area contributed by atoms with E-state index in [9.17, 15) is 0 Å². The number of rotatable bonds is 6. The Morgan fingerprint density at radius 1 is 1.21 bits per heavy atom. The predicted octanol–water partition coefficient (Wildman–Crippen LogP) is 4.17. The number of benzene rings is 1. The summed E-state index contributed by atoms with van der Waals surface area (Å²) in [6, 6.07) is 8.53. The fraction of sp³-hybridized carbons (Fsp3) is 0.647. The fourth-order valence-corrected chi connectivity index (χ4v) is 1.94. The number of hydrogen-bond donors (Lipinski definition) is 0. The Balaban J connectivity index is 2.57. The summed E-state index contributed by atoms with van der Waals surface area (Å²) in [5, 5.41) is 0. The average Bonchev–Trinajstić information content (AvgIpc) is 2.33. The number of hydrogen-bond acceptors (Lipinski definition) is 2. The lowest BCUT2D eigenvalue weighted by Gasteiger charge is -2.27. The van der Waals surface area contributed by atoms with Crippen molar-refractivity contribution in [2.75, 3.05) is 27.2 Å². The van der Waals surface area contributed by atoms with Gasteiger partial charge in [0.15, 0.2) is 0 Å². The Bertz CT molecular complexity index is 379. The Hall–Kier alpha value is -1.02. The third-order valence-electron chi connectivity index (χ3n) is 3.68. The minimum atomic E-state index is 0.281. The zero-order valence-electron chi connectivity index (χ0n) is 13.4. The Labute approximate surface area is 118 Å². The molecule has 0 N–H and O–H groups in total. The van der Waals surface area contributed by atoms with Crippen LogP contribution in [0, 0.1) is 5.41 Å². The van der Waals surface area contributed by atoms with E-state index < -0.39 is 0 Å². The molecule has 0 heterocycles. The summed E-state index contributed by atoms with van der Waals surface area (Å²) in [5.41, 5.74) is 1.64. The first-order chi connectivity index (χ1) is 8.80. The third-order valence-corrected chi connectivity index (χ3v) is 3.68. The van der Waals surface area contributed by atoms with Gasteiger partial charge in [0.25, 0.3) is 0 Å². The van der Waals surface area contributed by atoms with Crippen LogP contribution < -0.4 is 4.74 Å². The molecule has 0 aliphatic rings. The SMILES string of the molecule is CC(c1cccc(OCCCN(C)C)c1)C(C)(C)C.